The molecule has 1 aromatic carbocycles. The van der Waals surface area contributed by atoms with Gasteiger partial charge in [-0.2, -0.15) is 0 Å². The number of benzene rings is 1. The van der Waals surface area contributed by atoms with Crippen molar-refractivity contribution in [3.05, 3.63) is 35.6 Å². The van der Waals surface area contributed by atoms with Crippen LogP contribution in [0.2, 0.25) is 0 Å². The minimum Gasteiger partial charge on any atom is -0.370 e. The van der Waals surface area contributed by atoms with E-state index in [2.05, 4.69) is 10.3 Å². The van der Waals surface area contributed by atoms with E-state index in [9.17, 15) is 4.39 Å². The fourth-order valence-electron chi connectivity index (χ4n) is 1.43. The summed E-state index contributed by atoms with van der Waals surface area (Å²) in [5, 5.41) is 2.97. The average molecular weight is 223 g/mol. The van der Waals surface area contributed by atoms with Gasteiger partial charge in [-0.1, -0.05) is 18.2 Å². The van der Waals surface area contributed by atoms with Crippen molar-refractivity contribution in [2.24, 2.45) is 10.7 Å². The van der Waals surface area contributed by atoms with Crippen LogP contribution in [0.5, 0.6) is 0 Å². The second kappa shape index (κ2) is 5.49. The van der Waals surface area contributed by atoms with Crippen molar-refractivity contribution >= 4 is 5.96 Å². The van der Waals surface area contributed by atoms with Gasteiger partial charge in [-0.3, -0.25) is 0 Å². The Morgan fingerprint density at radius 2 is 1.94 bits per heavy atom. The average Bonchev–Trinajstić information content (AvgIpc) is 2.16. The molecule has 1 unspecified atom stereocenters. The molecule has 0 aliphatic heterocycles. The maximum Gasteiger partial charge on any atom is 0.189 e. The normalized spacial score (nSPS) is 13.9. The van der Waals surface area contributed by atoms with Crippen LogP contribution in [0.4, 0.5) is 4.39 Å². The molecule has 0 fully saturated rings. The van der Waals surface area contributed by atoms with Gasteiger partial charge in [-0.15, -0.1) is 0 Å². The van der Waals surface area contributed by atoms with Crippen molar-refractivity contribution < 1.29 is 4.39 Å². The smallest absolute Gasteiger partial charge is 0.189 e. The van der Waals surface area contributed by atoms with Gasteiger partial charge in [0.15, 0.2) is 5.96 Å². The van der Waals surface area contributed by atoms with Crippen LogP contribution < -0.4 is 11.1 Å². The van der Waals surface area contributed by atoms with E-state index < -0.39 is 0 Å². The third-order valence-electron chi connectivity index (χ3n) is 2.12. The molecule has 0 aliphatic rings. The highest BCUT2D eigenvalue weighted by molar-refractivity contribution is 5.78. The molecule has 0 bridgehead atoms. The number of nitrogens with two attached hydrogens (primary N) is 1. The van der Waals surface area contributed by atoms with Gasteiger partial charge in [-0.05, 0) is 26.8 Å². The summed E-state index contributed by atoms with van der Waals surface area (Å²) in [6.07, 6.45) is 0. The first-order valence-corrected chi connectivity index (χ1v) is 5.35. The maximum absolute atomic E-state index is 13.4. The summed E-state index contributed by atoms with van der Waals surface area (Å²) in [6, 6.07) is 6.52. The van der Waals surface area contributed by atoms with E-state index >= 15 is 0 Å². The van der Waals surface area contributed by atoms with E-state index in [4.69, 9.17) is 5.73 Å². The predicted molar refractivity (Wildman–Crippen MR) is 64.7 cm³/mol. The lowest BCUT2D eigenvalue weighted by Gasteiger charge is -2.12. The molecule has 16 heavy (non-hydrogen) atoms. The largest absolute Gasteiger partial charge is 0.370 e. The lowest BCUT2D eigenvalue weighted by molar-refractivity contribution is 0.592. The molecule has 0 radical (unpaired) electrons. The number of rotatable bonds is 3. The number of halogens is 1. The molecule has 0 spiro atoms. The van der Waals surface area contributed by atoms with Crippen LogP contribution >= 0.6 is 0 Å². The number of nitrogens with one attached hydrogen (secondary N) is 1. The van der Waals surface area contributed by atoms with E-state index in [1.165, 1.54) is 6.07 Å². The Bertz CT molecular complexity index is 374. The Morgan fingerprint density at radius 3 is 2.50 bits per heavy atom. The Kier molecular flexibility index (Phi) is 4.28. The highest BCUT2D eigenvalue weighted by Crippen LogP contribution is 2.19. The van der Waals surface area contributed by atoms with Gasteiger partial charge in [0.1, 0.15) is 5.82 Å². The summed E-state index contributed by atoms with van der Waals surface area (Å²) in [4.78, 5) is 4.19. The van der Waals surface area contributed by atoms with Crippen molar-refractivity contribution in [3.8, 4) is 0 Å². The van der Waals surface area contributed by atoms with Crippen LogP contribution in [0.1, 0.15) is 32.4 Å². The molecule has 0 aromatic heterocycles. The molecule has 88 valence electrons. The third kappa shape index (κ3) is 3.53. The van der Waals surface area contributed by atoms with Crippen molar-refractivity contribution in [3.63, 3.8) is 0 Å². The summed E-state index contributed by atoms with van der Waals surface area (Å²) in [5.41, 5.74) is 6.23. The van der Waals surface area contributed by atoms with E-state index in [1.807, 2.05) is 20.8 Å². The second-order valence-corrected chi connectivity index (χ2v) is 4.01. The first-order chi connectivity index (χ1) is 7.50. The van der Waals surface area contributed by atoms with Crippen LogP contribution in [0, 0.1) is 5.82 Å². The number of nitrogens with zero attached hydrogens (tertiary/aromatic N) is 1. The van der Waals surface area contributed by atoms with Crippen LogP contribution in [0.3, 0.4) is 0 Å². The van der Waals surface area contributed by atoms with Crippen LogP contribution in [0.15, 0.2) is 29.3 Å². The van der Waals surface area contributed by atoms with Gasteiger partial charge in [0, 0.05) is 11.6 Å². The zero-order valence-corrected chi connectivity index (χ0v) is 9.87. The molecule has 3 nitrogen and oxygen atoms in total. The molecule has 0 aliphatic carbocycles. The van der Waals surface area contributed by atoms with Gasteiger partial charge in [0.05, 0.1) is 6.04 Å². The number of guanidine groups is 1. The second-order valence-electron chi connectivity index (χ2n) is 4.01. The molecule has 1 rings (SSSR count). The summed E-state index contributed by atoms with van der Waals surface area (Å²) >= 11 is 0. The molecule has 0 saturated heterocycles. The Morgan fingerprint density at radius 1 is 1.31 bits per heavy atom. The van der Waals surface area contributed by atoms with Gasteiger partial charge >= 0.3 is 0 Å². The summed E-state index contributed by atoms with van der Waals surface area (Å²) in [5.74, 6) is 0.0850. The number of hydrogen-bond donors (Lipinski definition) is 2. The standard InChI is InChI=1S/C12H18FN3/c1-8(2)15-12(14)16-9(3)10-6-4-5-7-11(10)13/h4-9H,1-3H3,(H3,14,15,16). The molecule has 3 N–H and O–H groups in total. The molecule has 0 saturated carbocycles. The zero-order valence-electron chi connectivity index (χ0n) is 9.87. The van der Waals surface area contributed by atoms with Gasteiger partial charge in [-0.25, -0.2) is 9.38 Å². The van der Waals surface area contributed by atoms with Crippen molar-refractivity contribution in [1.82, 2.24) is 5.32 Å². The van der Waals surface area contributed by atoms with Crippen molar-refractivity contribution in [2.45, 2.75) is 32.9 Å². The topological polar surface area (TPSA) is 50.4 Å². The molecule has 0 amide bonds. The Labute approximate surface area is 95.6 Å². The highest BCUT2D eigenvalue weighted by atomic mass is 19.1. The highest BCUT2D eigenvalue weighted by Gasteiger charge is 2.09. The van der Waals surface area contributed by atoms with E-state index in [1.54, 1.807) is 18.2 Å². The van der Waals surface area contributed by atoms with E-state index in [0.717, 1.165) is 0 Å². The van der Waals surface area contributed by atoms with E-state index in [0.29, 0.717) is 11.5 Å². The lowest BCUT2D eigenvalue weighted by Crippen LogP contribution is -2.37. The third-order valence-corrected chi connectivity index (χ3v) is 2.12. The Balaban J connectivity index is 2.79. The van der Waals surface area contributed by atoms with Crippen LogP contribution in [0.25, 0.3) is 0 Å². The first-order valence-electron chi connectivity index (χ1n) is 5.35. The maximum atomic E-state index is 13.4. The van der Waals surface area contributed by atoms with Crippen molar-refractivity contribution in [2.75, 3.05) is 0 Å². The molecule has 0 heterocycles. The summed E-state index contributed by atoms with van der Waals surface area (Å²) in [6.45, 7) is 5.75. The molecule has 4 heteroatoms. The predicted octanol–water partition coefficient (Wildman–Crippen LogP) is 2.20. The van der Waals surface area contributed by atoms with Crippen molar-refractivity contribution in [1.29, 1.82) is 0 Å². The SMILES string of the molecule is CC(C)NC(N)=NC(C)c1ccccc1F. The van der Waals surface area contributed by atoms with Gasteiger partial charge in [0.2, 0.25) is 0 Å². The molecule has 1 aromatic rings. The number of hydrogen-bond acceptors (Lipinski definition) is 1. The minimum atomic E-state index is -0.285. The quantitative estimate of drug-likeness (QED) is 0.609. The summed E-state index contributed by atoms with van der Waals surface area (Å²) in [7, 11) is 0. The van der Waals surface area contributed by atoms with Crippen LogP contribution in [-0.2, 0) is 0 Å². The molecular formula is C12H18FN3. The molecular weight excluding hydrogens is 205 g/mol. The molecule has 1 atom stereocenters. The van der Waals surface area contributed by atoms with Crippen LogP contribution in [-0.4, -0.2) is 12.0 Å². The fourth-order valence-corrected chi connectivity index (χ4v) is 1.43. The lowest BCUT2D eigenvalue weighted by atomic mass is 10.1. The van der Waals surface area contributed by atoms with Gasteiger partial charge in [0.25, 0.3) is 0 Å². The first kappa shape index (κ1) is 12.5. The minimum absolute atomic E-state index is 0.219. The Hall–Kier alpha value is -1.58. The zero-order chi connectivity index (χ0) is 12.1. The van der Waals surface area contributed by atoms with E-state index in [-0.39, 0.29) is 17.9 Å². The number of aliphatic imine (C=N–C) groups is 1. The fraction of sp³-hybridized carbons (Fsp3) is 0.417. The van der Waals surface area contributed by atoms with Gasteiger partial charge < -0.3 is 11.1 Å². The monoisotopic (exact) mass is 223 g/mol. The summed E-state index contributed by atoms with van der Waals surface area (Å²) < 4.78 is 13.4.